The van der Waals surface area contributed by atoms with Crippen molar-refractivity contribution in [3.8, 4) is 0 Å². The third-order valence-electron chi connectivity index (χ3n) is 3.13. The van der Waals surface area contributed by atoms with Crippen molar-refractivity contribution in [2.24, 2.45) is 0 Å². The number of aliphatic hydroxyl groups excluding tert-OH is 1. The van der Waals surface area contributed by atoms with E-state index in [-0.39, 0.29) is 6.61 Å². The number of aliphatic hydroxyl groups is 1. The van der Waals surface area contributed by atoms with Crippen molar-refractivity contribution in [3.63, 3.8) is 0 Å². The highest BCUT2D eigenvalue weighted by atomic mass is 16.3. The normalized spacial score (nSPS) is 21.3. The van der Waals surface area contributed by atoms with E-state index in [4.69, 9.17) is 5.11 Å². The van der Waals surface area contributed by atoms with Gasteiger partial charge in [0.15, 0.2) is 0 Å². The van der Waals surface area contributed by atoms with Crippen molar-refractivity contribution in [2.45, 2.75) is 24.9 Å². The molecule has 13 heavy (non-hydrogen) atoms. The largest absolute Gasteiger partial charge is 0.390 e. The minimum Gasteiger partial charge on any atom is -0.390 e. The standard InChI is InChI=1S/C10H12N2O/c13-5-7-1-2-8-9(12-7)11-6-10(8)3-4-10/h1-2,13H,3-6H2,(H,11,12). The molecule has 1 fully saturated rings. The van der Waals surface area contributed by atoms with Gasteiger partial charge in [-0.15, -0.1) is 0 Å². The number of hydrogen-bond acceptors (Lipinski definition) is 3. The molecule has 2 heterocycles. The van der Waals surface area contributed by atoms with Crippen LogP contribution in [0.5, 0.6) is 0 Å². The molecule has 0 saturated heterocycles. The van der Waals surface area contributed by atoms with Crippen LogP contribution in [0.1, 0.15) is 24.1 Å². The van der Waals surface area contributed by atoms with Crippen molar-refractivity contribution in [2.75, 3.05) is 11.9 Å². The molecule has 1 saturated carbocycles. The molecular formula is C10H12N2O. The number of aromatic nitrogens is 1. The topological polar surface area (TPSA) is 45.2 Å². The third kappa shape index (κ3) is 0.907. The Morgan fingerprint density at radius 1 is 1.46 bits per heavy atom. The summed E-state index contributed by atoms with van der Waals surface area (Å²) in [7, 11) is 0. The van der Waals surface area contributed by atoms with E-state index in [9.17, 15) is 0 Å². The van der Waals surface area contributed by atoms with E-state index in [0.717, 1.165) is 18.1 Å². The molecule has 3 rings (SSSR count). The molecule has 2 N–H and O–H groups in total. The summed E-state index contributed by atoms with van der Waals surface area (Å²) >= 11 is 0. The smallest absolute Gasteiger partial charge is 0.130 e. The van der Waals surface area contributed by atoms with Crippen LogP contribution in [-0.4, -0.2) is 16.6 Å². The van der Waals surface area contributed by atoms with Crippen LogP contribution in [0, 0.1) is 0 Å². The predicted octanol–water partition coefficient (Wildman–Crippen LogP) is 1.03. The second kappa shape index (κ2) is 2.23. The van der Waals surface area contributed by atoms with Crippen LogP contribution in [0.15, 0.2) is 12.1 Å². The van der Waals surface area contributed by atoms with E-state index in [0.29, 0.717) is 5.41 Å². The first-order valence-electron chi connectivity index (χ1n) is 4.69. The summed E-state index contributed by atoms with van der Waals surface area (Å²) in [5, 5.41) is 12.2. The molecule has 2 aliphatic rings. The number of fused-ring (bicyclic) bond motifs is 2. The van der Waals surface area contributed by atoms with E-state index >= 15 is 0 Å². The van der Waals surface area contributed by atoms with Gasteiger partial charge >= 0.3 is 0 Å². The van der Waals surface area contributed by atoms with E-state index in [1.165, 1.54) is 18.4 Å². The molecule has 0 bridgehead atoms. The Bertz CT molecular complexity index is 358. The molecule has 3 heteroatoms. The Morgan fingerprint density at radius 3 is 3.00 bits per heavy atom. The van der Waals surface area contributed by atoms with Crippen LogP contribution in [0.25, 0.3) is 0 Å². The van der Waals surface area contributed by atoms with Crippen molar-refractivity contribution in [1.29, 1.82) is 0 Å². The molecular weight excluding hydrogens is 164 g/mol. The van der Waals surface area contributed by atoms with Crippen LogP contribution in [0.4, 0.5) is 5.82 Å². The van der Waals surface area contributed by atoms with Gasteiger partial charge in [-0.3, -0.25) is 0 Å². The molecule has 68 valence electrons. The molecule has 0 aromatic carbocycles. The van der Waals surface area contributed by atoms with Gasteiger partial charge in [0.25, 0.3) is 0 Å². The number of nitrogens with zero attached hydrogens (tertiary/aromatic N) is 1. The van der Waals surface area contributed by atoms with Crippen LogP contribution in [0.2, 0.25) is 0 Å². The number of nitrogens with one attached hydrogen (secondary N) is 1. The number of anilines is 1. The summed E-state index contributed by atoms with van der Waals surface area (Å²) in [4.78, 5) is 4.35. The fourth-order valence-electron chi connectivity index (χ4n) is 2.10. The lowest BCUT2D eigenvalue weighted by Crippen LogP contribution is -2.07. The van der Waals surface area contributed by atoms with Gasteiger partial charge in [-0.05, 0) is 18.9 Å². The first kappa shape index (κ1) is 7.33. The van der Waals surface area contributed by atoms with Crippen LogP contribution in [-0.2, 0) is 12.0 Å². The molecule has 1 spiro atoms. The van der Waals surface area contributed by atoms with E-state index in [2.05, 4.69) is 16.4 Å². The number of pyridine rings is 1. The minimum absolute atomic E-state index is 0.0297. The molecule has 1 aromatic heterocycles. The quantitative estimate of drug-likeness (QED) is 0.671. The lowest BCUT2D eigenvalue weighted by molar-refractivity contribution is 0.277. The summed E-state index contributed by atoms with van der Waals surface area (Å²) in [6, 6.07) is 4.03. The second-order valence-electron chi connectivity index (χ2n) is 3.99. The van der Waals surface area contributed by atoms with Crippen molar-refractivity contribution < 1.29 is 5.11 Å². The zero-order chi connectivity index (χ0) is 8.89. The van der Waals surface area contributed by atoms with Gasteiger partial charge in [0.2, 0.25) is 0 Å². The molecule has 1 aliphatic carbocycles. The maximum absolute atomic E-state index is 8.92. The van der Waals surface area contributed by atoms with E-state index in [1.54, 1.807) is 0 Å². The highest BCUT2D eigenvalue weighted by Gasteiger charge is 2.49. The molecule has 0 amide bonds. The maximum atomic E-state index is 8.92. The van der Waals surface area contributed by atoms with Gasteiger partial charge in [-0.25, -0.2) is 4.98 Å². The molecule has 0 atom stereocenters. The fourth-order valence-corrected chi connectivity index (χ4v) is 2.10. The Balaban J connectivity index is 2.09. The SMILES string of the molecule is OCc1ccc2c(n1)NCC21CC1. The Hall–Kier alpha value is -1.09. The van der Waals surface area contributed by atoms with Gasteiger partial charge in [0.05, 0.1) is 12.3 Å². The van der Waals surface area contributed by atoms with Gasteiger partial charge < -0.3 is 10.4 Å². The summed E-state index contributed by atoms with van der Waals surface area (Å²) in [6.45, 7) is 1.06. The monoisotopic (exact) mass is 176 g/mol. The summed E-state index contributed by atoms with van der Waals surface area (Å²) in [6.07, 6.45) is 2.57. The first-order valence-corrected chi connectivity index (χ1v) is 4.69. The van der Waals surface area contributed by atoms with E-state index in [1.807, 2.05) is 6.07 Å². The molecule has 1 aromatic rings. The van der Waals surface area contributed by atoms with Gasteiger partial charge in [0, 0.05) is 17.5 Å². The van der Waals surface area contributed by atoms with Crippen molar-refractivity contribution in [1.82, 2.24) is 4.98 Å². The summed E-state index contributed by atoms with van der Waals surface area (Å²) < 4.78 is 0. The lowest BCUT2D eigenvalue weighted by atomic mass is 10.0. The third-order valence-corrected chi connectivity index (χ3v) is 3.13. The van der Waals surface area contributed by atoms with Gasteiger partial charge in [-0.2, -0.15) is 0 Å². The highest BCUT2D eigenvalue weighted by Crippen LogP contribution is 2.53. The van der Waals surface area contributed by atoms with E-state index < -0.39 is 0 Å². The summed E-state index contributed by atoms with van der Waals surface area (Å²) in [5.41, 5.74) is 2.52. The zero-order valence-corrected chi connectivity index (χ0v) is 7.38. The second-order valence-corrected chi connectivity index (χ2v) is 3.99. The van der Waals surface area contributed by atoms with Gasteiger partial charge in [0.1, 0.15) is 5.82 Å². The maximum Gasteiger partial charge on any atom is 0.130 e. The Labute approximate surface area is 76.8 Å². The fraction of sp³-hybridized carbons (Fsp3) is 0.500. The Morgan fingerprint density at radius 2 is 2.31 bits per heavy atom. The van der Waals surface area contributed by atoms with Crippen LogP contribution < -0.4 is 5.32 Å². The van der Waals surface area contributed by atoms with Crippen molar-refractivity contribution >= 4 is 5.82 Å². The van der Waals surface area contributed by atoms with Crippen LogP contribution in [0.3, 0.4) is 0 Å². The van der Waals surface area contributed by atoms with Crippen molar-refractivity contribution in [3.05, 3.63) is 23.4 Å². The molecule has 0 radical (unpaired) electrons. The molecule has 0 unspecified atom stereocenters. The molecule has 3 nitrogen and oxygen atoms in total. The Kier molecular flexibility index (Phi) is 1.26. The average Bonchev–Trinajstić information content (AvgIpc) is 2.86. The molecule has 1 aliphatic heterocycles. The van der Waals surface area contributed by atoms with Gasteiger partial charge in [-0.1, -0.05) is 6.07 Å². The minimum atomic E-state index is 0.0297. The zero-order valence-electron chi connectivity index (χ0n) is 7.38. The highest BCUT2D eigenvalue weighted by molar-refractivity contribution is 5.58. The number of rotatable bonds is 1. The summed E-state index contributed by atoms with van der Waals surface area (Å²) in [5.74, 6) is 0.990. The lowest BCUT2D eigenvalue weighted by Gasteiger charge is -2.04. The predicted molar refractivity (Wildman–Crippen MR) is 49.6 cm³/mol. The first-order chi connectivity index (χ1) is 6.34. The number of hydrogen-bond donors (Lipinski definition) is 2. The average molecular weight is 176 g/mol. The van der Waals surface area contributed by atoms with Crippen LogP contribution >= 0.6 is 0 Å².